The van der Waals surface area contributed by atoms with Gasteiger partial charge >= 0.3 is 0 Å². The second-order valence-electron chi connectivity index (χ2n) is 4.00. The topological polar surface area (TPSA) is 78.9 Å². The minimum atomic E-state index is -0.308. The number of benzene rings is 2. The molecule has 0 aliphatic heterocycles. The van der Waals surface area contributed by atoms with E-state index >= 15 is 0 Å². The predicted octanol–water partition coefficient (Wildman–Crippen LogP) is 3.81. The van der Waals surface area contributed by atoms with Crippen LogP contribution in [0.1, 0.15) is 15.9 Å². The second-order valence-corrected chi connectivity index (χ2v) is 5.26. The van der Waals surface area contributed by atoms with Crippen LogP contribution in [0.4, 0.5) is 11.4 Å². The summed E-state index contributed by atoms with van der Waals surface area (Å²) >= 11 is 9.18. The number of nitrogens with one attached hydrogen (secondary N) is 1. The first-order valence-corrected chi connectivity index (χ1v) is 6.74. The van der Waals surface area contributed by atoms with Gasteiger partial charge in [0.1, 0.15) is 0 Å². The molecule has 0 aliphatic rings. The van der Waals surface area contributed by atoms with Crippen LogP contribution in [-0.2, 0) is 0 Å². The lowest BCUT2D eigenvalue weighted by molar-refractivity contribution is 0.102. The van der Waals surface area contributed by atoms with Gasteiger partial charge in [-0.25, -0.2) is 0 Å². The van der Waals surface area contributed by atoms with E-state index in [2.05, 4.69) is 21.2 Å². The van der Waals surface area contributed by atoms with Gasteiger partial charge in [-0.3, -0.25) is 4.79 Å². The van der Waals surface area contributed by atoms with Crippen molar-refractivity contribution < 1.29 is 4.79 Å². The number of hydrogen-bond acceptors (Lipinski definition) is 3. The predicted molar refractivity (Wildman–Crippen MR) is 82.7 cm³/mol. The maximum absolute atomic E-state index is 12.1. The highest BCUT2D eigenvalue weighted by Gasteiger charge is 2.10. The number of nitrogens with two attached hydrogens (primary N) is 1. The van der Waals surface area contributed by atoms with Crippen molar-refractivity contribution in [1.82, 2.24) is 0 Å². The van der Waals surface area contributed by atoms with E-state index < -0.39 is 0 Å². The van der Waals surface area contributed by atoms with E-state index in [-0.39, 0.29) is 5.91 Å². The number of nitrogens with zero attached hydrogens (tertiary/aromatic N) is 1. The zero-order chi connectivity index (χ0) is 14.7. The van der Waals surface area contributed by atoms with Crippen molar-refractivity contribution in [2.75, 3.05) is 11.1 Å². The van der Waals surface area contributed by atoms with Gasteiger partial charge in [0.2, 0.25) is 0 Å². The fourth-order valence-electron chi connectivity index (χ4n) is 1.55. The van der Waals surface area contributed by atoms with Gasteiger partial charge in [-0.05, 0) is 52.3 Å². The van der Waals surface area contributed by atoms with Crippen LogP contribution in [0, 0.1) is 11.3 Å². The first kappa shape index (κ1) is 14.4. The first-order chi connectivity index (χ1) is 9.51. The summed E-state index contributed by atoms with van der Waals surface area (Å²) in [4.78, 5) is 12.1. The van der Waals surface area contributed by atoms with Gasteiger partial charge in [-0.1, -0.05) is 11.6 Å². The standard InChI is InChI=1S/C14H9BrClN3O/c15-10-5-8(7-17)1-4-13(10)19-14(20)9-2-3-12(18)11(16)6-9/h1-6H,18H2,(H,19,20). The smallest absolute Gasteiger partial charge is 0.255 e. The number of anilines is 2. The molecule has 0 heterocycles. The van der Waals surface area contributed by atoms with Crippen LogP contribution in [0.3, 0.4) is 0 Å². The molecule has 3 N–H and O–H groups in total. The minimum Gasteiger partial charge on any atom is -0.398 e. The third kappa shape index (κ3) is 3.10. The van der Waals surface area contributed by atoms with Crippen LogP contribution in [-0.4, -0.2) is 5.91 Å². The largest absolute Gasteiger partial charge is 0.398 e. The number of carbonyl (C=O) groups is 1. The molecule has 0 spiro atoms. The SMILES string of the molecule is N#Cc1ccc(NC(=O)c2ccc(N)c(Cl)c2)c(Br)c1. The van der Waals surface area contributed by atoms with Gasteiger partial charge in [-0.2, -0.15) is 5.26 Å². The van der Waals surface area contributed by atoms with Crippen molar-refractivity contribution in [1.29, 1.82) is 5.26 Å². The minimum absolute atomic E-state index is 0.308. The van der Waals surface area contributed by atoms with E-state index in [1.165, 1.54) is 6.07 Å². The number of nitriles is 1. The molecule has 0 aliphatic carbocycles. The molecule has 0 fully saturated rings. The molecule has 100 valence electrons. The lowest BCUT2D eigenvalue weighted by atomic mass is 10.1. The molecule has 2 aromatic rings. The van der Waals surface area contributed by atoms with E-state index in [1.54, 1.807) is 30.3 Å². The van der Waals surface area contributed by atoms with Crippen molar-refractivity contribution in [3.63, 3.8) is 0 Å². The molecule has 0 aromatic heterocycles. The van der Waals surface area contributed by atoms with Crippen LogP contribution >= 0.6 is 27.5 Å². The number of rotatable bonds is 2. The number of amides is 1. The Balaban J connectivity index is 2.23. The lowest BCUT2D eigenvalue weighted by Crippen LogP contribution is -2.12. The maximum Gasteiger partial charge on any atom is 0.255 e. The van der Waals surface area contributed by atoms with Gasteiger partial charge in [0.05, 0.1) is 28.0 Å². The summed E-state index contributed by atoms with van der Waals surface area (Å²) in [6.07, 6.45) is 0. The second kappa shape index (κ2) is 5.95. The molecule has 1 amide bonds. The van der Waals surface area contributed by atoms with Crippen molar-refractivity contribution in [2.24, 2.45) is 0 Å². The van der Waals surface area contributed by atoms with Gasteiger partial charge in [0, 0.05) is 10.0 Å². The molecule has 0 radical (unpaired) electrons. The van der Waals surface area contributed by atoms with Gasteiger partial charge in [-0.15, -0.1) is 0 Å². The molecule has 2 aromatic carbocycles. The monoisotopic (exact) mass is 349 g/mol. The third-order valence-electron chi connectivity index (χ3n) is 2.61. The fourth-order valence-corrected chi connectivity index (χ4v) is 2.21. The molecule has 4 nitrogen and oxygen atoms in total. The van der Waals surface area contributed by atoms with Crippen LogP contribution < -0.4 is 11.1 Å². The molecule has 0 saturated heterocycles. The molecular weight excluding hydrogens is 342 g/mol. The molecule has 0 saturated carbocycles. The number of hydrogen-bond donors (Lipinski definition) is 2. The highest BCUT2D eigenvalue weighted by Crippen LogP contribution is 2.25. The van der Waals surface area contributed by atoms with Gasteiger partial charge in [0.15, 0.2) is 0 Å². The molecular formula is C14H9BrClN3O. The van der Waals surface area contributed by atoms with Crippen LogP contribution in [0.2, 0.25) is 5.02 Å². The van der Waals surface area contributed by atoms with Crippen LogP contribution in [0.15, 0.2) is 40.9 Å². The fraction of sp³-hybridized carbons (Fsp3) is 0. The quantitative estimate of drug-likeness (QED) is 0.808. The average molecular weight is 351 g/mol. The Kier molecular flexibility index (Phi) is 4.28. The Bertz CT molecular complexity index is 725. The summed E-state index contributed by atoms with van der Waals surface area (Å²) in [5.74, 6) is -0.308. The Morgan fingerprint density at radius 2 is 2.05 bits per heavy atom. The summed E-state index contributed by atoms with van der Waals surface area (Å²) < 4.78 is 0.631. The summed E-state index contributed by atoms with van der Waals surface area (Å²) in [6, 6.07) is 11.6. The summed E-state index contributed by atoms with van der Waals surface area (Å²) in [6.45, 7) is 0. The highest BCUT2D eigenvalue weighted by molar-refractivity contribution is 9.10. The van der Waals surface area contributed by atoms with Gasteiger partial charge < -0.3 is 11.1 Å². The maximum atomic E-state index is 12.1. The van der Waals surface area contributed by atoms with Gasteiger partial charge in [0.25, 0.3) is 5.91 Å². The Hall–Kier alpha value is -2.03. The molecule has 6 heteroatoms. The molecule has 0 unspecified atom stereocenters. The van der Waals surface area contributed by atoms with Crippen molar-refractivity contribution >= 4 is 44.8 Å². The van der Waals surface area contributed by atoms with Crippen molar-refractivity contribution in [2.45, 2.75) is 0 Å². The Morgan fingerprint density at radius 1 is 1.30 bits per heavy atom. The average Bonchev–Trinajstić information content (AvgIpc) is 2.43. The summed E-state index contributed by atoms with van der Waals surface area (Å²) in [7, 11) is 0. The van der Waals surface area contributed by atoms with Crippen molar-refractivity contribution in [3.8, 4) is 6.07 Å². The Labute approximate surface area is 129 Å². The highest BCUT2D eigenvalue weighted by atomic mass is 79.9. The van der Waals surface area contributed by atoms with Crippen LogP contribution in [0.5, 0.6) is 0 Å². The molecule has 0 bridgehead atoms. The van der Waals surface area contributed by atoms with E-state index in [4.69, 9.17) is 22.6 Å². The van der Waals surface area contributed by atoms with Crippen molar-refractivity contribution in [3.05, 3.63) is 57.0 Å². The molecule has 0 atom stereocenters. The number of nitrogen functional groups attached to an aromatic ring is 1. The van der Waals surface area contributed by atoms with E-state index in [9.17, 15) is 4.79 Å². The zero-order valence-corrected chi connectivity index (χ0v) is 12.5. The number of carbonyl (C=O) groups excluding carboxylic acids is 1. The Morgan fingerprint density at radius 3 is 2.65 bits per heavy atom. The summed E-state index contributed by atoms with van der Waals surface area (Å²) in [5.41, 5.74) is 7.49. The normalized spacial score (nSPS) is 9.85. The van der Waals surface area contributed by atoms with E-state index in [0.29, 0.717) is 32.0 Å². The summed E-state index contributed by atoms with van der Waals surface area (Å²) in [5, 5.41) is 11.8. The first-order valence-electron chi connectivity index (χ1n) is 5.57. The molecule has 20 heavy (non-hydrogen) atoms. The molecule has 2 rings (SSSR count). The number of halogens is 2. The lowest BCUT2D eigenvalue weighted by Gasteiger charge is -2.08. The van der Waals surface area contributed by atoms with E-state index in [1.807, 2.05) is 6.07 Å². The third-order valence-corrected chi connectivity index (χ3v) is 3.59. The van der Waals surface area contributed by atoms with Crippen LogP contribution in [0.25, 0.3) is 0 Å². The zero-order valence-electron chi connectivity index (χ0n) is 10.2. The van der Waals surface area contributed by atoms with E-state index in [0.717, 1.165) is 0 Å².